The van der Waals surface area contributed by atoms with Gasteiger partial charge in [-0.15, -0.1) is 0 Å². The summed E-state index contributed by atoms with van der Waals surface area (Å²) in [4.78, 5) is 19.8. The molecule has 1 aromatic heterocycles. The number of hydrogen-bond donors (Lipinski definition) is 3. The second kappa shape index (κ2) is 8.98. The first kappa shape index (κ1) is 17.9. The van der Waals surface area contributed by atoms with E-state index >= 15 is 0 Å². The van der Waals surface area contributed by atoms with Crippen LogP contribution in [0.2, 0.25) is 0 Å². The SMILES string of the molecule is CC(C)C[C@@H](NCc1cnc(NCc2ccccc2)nc1)C(=O)O. The molecule has 0 fully saturated rings. The van der Waals surface area contributed by atoms with Crippen LogP contribution in [0, 0.1) is 5.92 Å². The lowest BCUT2D eigenvalue weighted by atomic mass is 10.0. The maximum Gasteiger partial charge on any atom is 0.320 e. The maximum absolute atomic E-state index is 11.2. The molecule has 0 aliphatic rings. The van der Waals surface area contributed by atoms with Crippen molar-refractivity contribution in [3.05, 3.63) is 53.9 Å². The molecule has 1 heterocycles. The molecule has 1 aromatic carbocycles. The maximum atomic E-state index is 11.2. The number of carboxylic acid groups (broad SMARTS) is 1. The lowest BCUT2D eigenvalue weighted by Crippen LogP contribution is -2.37. The standard InChI is InChI=1S/C18H24N4O2/c1-13(2)8-16(17(23)24)19-10-15-11-21-18(22-12-15)20-9-14-6-4-3-5-7-14/h3-7,11-13,16,19H,8-10H2,1-2H3,(H,23,24)(H,20,21,22)/t16-/m1/s1. The van der Waals surface area contributed by atoms with Crippen LogP contribution in [0.15, 0.2) is 42.7 Å². The zero-order valence-corrected chi connectivity index (χ0v) is 14.1. The van der Waals surface area contributed by atoms with Crippen molar-refractivity contribution in [3.63, 3.8) is 0 Å². The highest BCUT2D eigenvalue weighted by atomic mass is 16.4. The van der Waals surface area contributed by atoms with Crippen LogP contribution >= 0.6 is 0 Å². The Bertz CT molecular complexity index is 629. The summed E-state index contributed by atoms with van der Waals surface area (Å²) < 4.78 is 0. The van der Waals surface area contributed by atoms with Gasteiger partial charge >= 0.3 is 5.97 Å². The van der Waals surface area contributed by atoms with Crippen LogP contribution in [0.4, 0.5) is 5.95 Å². The summed E-state index contributed by atoms with van der Waals surface area (Å²) in [6, 6.07) is 9.47. The topological polar surface area (TPSA) is 87.1 Å². The molecular weight excluding hydrogens is 304 g/mol. The van der Waals surface area contributed by atoms with Gasteiger partial charge in [0.2, 0.25) is 5.95 Å². The van der Waals surface area contributed by atoms with Crippen molar-refractivity contribution in [1.82, 2.24) is 15.3 Å². The number of hydrogen-bond acceptors (Lipinski definition) is 5. The van der Waals surface area contributed by atoms with Gasteiger partial charge in [0.15, 0.2) is 0 Å². The first-order valence-electron chi connectivity index (χ1n) is 8.09. The lowest BCUT2D eigenvalue weighted by molar-refractivity contribution is -0.140. The van der Waals surface area contributed by atoms with Gasteiger partial charge in [0.25, 0.3) is 0 Å². The summed E-state index contributed by atoms with van der Waals surface area (Å²) in [5.74, 6) is 0.0461. The van der Waals surface area contributed by atoms with Crippen LogP contribution < -0.4 is 10.6 Å². The van der Waals surface area contributed by atoms with Gasteiger partial charge in [-0.05, 0) is 17.9 Å². The highest BCUT2D eigenvalue weighted by Crippen LogP contribution is 2.07. The van der Waals surface area contributed by atoms with Gasteiger partial charge in [-0.1, -0.05) is 44.2 Å². The second-order valence-corrected chi connectivity index (χ2v) is 6.16. The van der Waals surface area contributed by atoms with E-state index in [0.29, 0.717) is 31.4 Å². The average Bonchev–Trinajstić information content (AvgIpc) is 2.58. The molecule has 24 heavy (non-hydrogen) atoms. The van der Waals surface area contributed by atoms with E-state index < -0.39 is 12.0 Å². The van der Waals surface area contributed by atoms with E-state index in [9.17, 15) is 9.90 Å². The minimum Gasteiger partial charge on any atom is -0.480 e. The molecular formula is C18H24N4O2. The van der Waals surface area contributed by atoms with Crippen LogP contribution in [0.5, 0.6) is 0 Å². The number of nitrogens with zero attached hydrogens (tertiary/aromatic N) is 2. The predicted molar refractivity (Wildman–Crippen MR) is 93.5 cm³/mol. The van der Waals surface area contributed by atoms with E-state index in [2.05, 4.69) is 20.6 Å². The second-order valence-electron chi connectivity index (χ2n) is 6.16. The number of aromatic nitrogens is 2. The highest BCUT2D eigenvalue weighted by molar-refractivity contribution is 5.73. The number of anilines is 1. The van der Waals surface area contributed by atoms with E-state index in [1.54, 1.807) is 12.4 Å². The number of carboxylic acids is 1. The lowest BCUT2D eigenvalue weighted by Gasteiger charge is -2.16. The Hall–Kier alpha value is -2.47. The summed E-state index contributed by atoms with van der Waals surface area (Å²) in [6.07, 6.45) is 4.01. The molecule has 128 valence electrons. The zero-order valence-electron chi connectivity index (χ0n) is 14.1. The first-order chi connectivity index (χ1) is 11.5. The van der Waals surface area contributed by atoms with Crippen molar-refractivity contribution < 1.29 is 9.90 Å². The third-order valence-corrected chi connectivity index (χ3v) is 3.56. The van der Waals surface area contributed by atoms with Gasteiger partial charge in [0.1, 0.15) is 6.04 Å². The molecule has 2 rings (SSSR count). The Morgan fingerprint density at radius 3 is 2.33 bits per heavy atom. The summed E-state index contributed by atoms with van der Waals surface area (Å²) in [7, 11) is 0. The molecule has 1 atom stereocenters. The first-order valence-corrected chi connectivity index (χ1v) is 8.09. The zero-order chi connectivity index (χ0) is 17.4. The Kier molecular flexibility index (Phi) is 6.69. The number of benzene rings is 1. The van der Waals surface area contributed by atoms with Crippen LogP contribution in [0.25, 0.3) is 0 Å². The minimum atomic E-state index is -0.828. The smallest absolute Gasteiger partial charge is 0.320 e. The Labute approximate surface area is 142 Å². The third-order valence-electron chi connectivity index (χ3n) is 3.56. The van der Waals surface area contributed by atoms with E-state index in [1.165, 1.54) is 0 Å². The molecule has 0 amide bonds. The molecule has 0 bridgehead atoms. The predicted octanol–water partition coefficient (Wildman–Crippen LogP) is 2.68. The Balaban J connectivity index is 1.84. The van der Waals surface area contributed by atoms with Gasteiger partial charge in [-0.2, -0.15) is 0 Å². The quantitative estimate of drug-likeness (QED) is 0.656. The van der Waals surface area contributed by atoms with Crippen molar-refractivity contribution in [2.45, 2.75) is 39.4 Å². The van der Waals surface area contributed by atoms with Crippen molar-refractivity contribution >= 4 is 11.9 Å². The van der Waals surface area contributed by atoms with Crippen molar-refractivity contribution in [1.29, 1.82) is 0 Å². The normalized spacial score (nSPS) is 12.1. The third kappa shape index (κ3) is 5.96. The number of aliphatic carboxylic acids is 1. The summed E-state index contributed by atoms with van der Waals surface area (Å²) in [5.41, 5.74) is 2.01. The van der Waals surface area contributed by atoms with Crippen LogP contribution in [-0.2, 0) is 17.9 Å². The van der Waals surface area contributed by atoms with Gasteiger partial charge in [-0.25, -0.2) is 9.97 Å². The average molecular weight is 328 g/mol. The summed E-state index contributed by atoms with van der Waals surface area (Å²) >= 11 is 0. The Morgan fingerprint density at radius 1 is 1.08 bits per heavy atom. The van der Waals surface area contributed by atoms with E-state index in [1.807, 2.05) is 44.2 Å². The molecule has 2 aromatic rings. The van der Waals surface area contributed by atoms with Crippen molar-refractivity contribution in [3.8, 4) is 0 Å². The molecule has 6 nitrogen and oxygen atoms in total. The van der Waals surface area contributed by atoms with E-state index in [-0.39, 0.29) is 0 Å². The molecule has 0 aliphatic carbocycles. The van der Waals surface area contributed by atoms with Crippen LogP contribution in [0.3, 0.4) is 0 Å². The van der Waals surface area contributed by atoms with Gasteiger partial charge in [0.05, 0.1) is 0 Å². The molecule has 0 unspecified atom stereocenters. The van der Waals surface area contributed by atoms with Crippen molar-refractivity contribution in [2.75, 3.05) is 5.32 Å². The number of nitrogens with one attached hydrogen (secondary N) is 2. The van der Waals surface area contributed by atoms with Gasteiger partial charge in [-0.3, -0.25) is 4.79 Å². The monoisotopic (exact) mass is 328 g/mol. The van der Waals surface area contributed by atoms with Crippen LogP contribution in [-0.4, -0.2) is 27.1 Å². The fourth-order valence-corrected chi connectivity index (χ4v) is 2.30. The highest BCUT2D eigenvalue weighted by Gasteiger charge is 2.17. The molecule has 0 saturated heterocycles. The Morgan fingerprint density at radius 2 is 1.75 bits per heavy atom. The van der Waals surface area contributed by atoms with Gasteiger partial charge in [0, 0.05) is 31.0 Å². The fourth-order valence-electron chi connectivity index (χ4n) is 2.30. The van der Waals surface area contributed by atoms with E-state index in [4.69, 9.17) is 0 Å². The van der Waals surface area contributed by atoms with Crippen LogP contribution in [0.1, 0.15) is 31.4 Å². The number of carbonyl (C=O) groups is 1. The molecule has 0 aliphatic heterocycles. The minimum absolute atomic E-state index is 0.319. The molecule has 6 heteroatoms. The summed E-state index contributed by atoms with van der Waals surface area (Å²) in [5, 5.41) is 15.4. The molecule has 0 saturated carbocycles. The van der Waals surface area contributed by atoms with E-state index in [0.717, 1.165) is 11.1 Å². The van der Waals surface area contributed by atoms with Gasteiger partial charge < -0.3 is 15.7 Å². The summed E-state index contributed by atoms with van der Waals surface area (Å²) in [6.45, 7) is 5.11. The number of rotatable bonds is 9. The molecule has 0 radical (unpaired) electrons. The fraction of sp³-hybridized carbons (Fsp3) is 0.389. The largest absolute Gasteiger partial charge is 0.480 e. The molecule has 0 spiro atoms. The molecule has 3 N–H and O–H groups in total. The van der Waals surface area contributed by atoms with Crippen molar-refractivity contribution in [2.24, 2.45) is 5.92 Å².